The number of carbonyl (C=O) groups excluding carboxylic acids is 1. The van der Waals surface area contributed by atoms with Crippen LogP contribution in [-0.4, -0.2) is 18.7 Å². The highest BCUT2D eigenvalue weighted by Gasteiger charge is 2.06. The van der Waals surface area contributed by atoms with Gasteiger partial charge in [0.2, 0.25) is 0 Å². The zero-order chi connectivity index (χ0) is 21.3. The van der Waals surface area contributed by atoms with E-state index in [9.17, 15) is 9.18 Å². The lowest BCUT2D eigenvalue weighted by Crippen LogP contribution is -2.25. The zero-order valence-corrected chi connectivity index (χ0v) is 16.9. The van der Waals surface area contributed by atoms with Crippen LogP contribution in [0.4, 0.5) is 4.39 Å². The number of benzene rings is 3. The molecule has 0 atom stereocenters. The third-order valence-electron chi connectivity index (χ3n) is 4.36. The average molecular weight is 406 g/mol. The van der Waals surface area contributed by atoms with Gasteiger partial charge in [-0.3, -0.25) is 4.79 Å². The van der Waals surface area contributed by atoms with Crippen LogP contribution >= 0.6 is 0 Å². The molecule has 0 spiro atoms. The number of aryl methyl sites for hydroxylation is 2. The van der Waals surface area contributed by atoms with Gasteiger partial charge in [-0.2, -0.15) is 5.10 Å². The molecule has 1 N–H and O–H groups in total. The molecule has 0 radical (unpaired) electrons. The SMILES string of the molecule is Cc1cccc(C)c1OCC(=O)N/N=C\c1ccc(OCc2ccc(F)cc2)cc1. The molecule has 5 nitrogen and oxygen atoms in total. The number of hydrogen-bond donors (Lipinski definition) is 1. The highest BCUT2D eigenvalue weighted by atomic mass is 19.1. The van der Waals surface area contributed by atoms with Gasteiger partial charge in [-0.15, -0.1) is 0 Å². The van der Waals surface area contributed by atoms with Gasteiger partial charge in [0.25, 0.3) is 5.91 Å². The van der Waals surface area contributed by atoms with Gasteiger partial charge >= 0.3 is 0 Å². The summed E-state index contributed by atoms with van der Waals surface area (Å²) in [6.45, 7) is 4.11. The largest absolute Gasteiger partial charge is 0.489 e. The van der Waals surface area contributed by atoms with E-state index in [4.69, 9.17) is 9.47 Å². The van der Waals surface area contributed by atoms with Crippen molar-refractivity contribution in [2.24, 2.45) is 5.10 Å². The van der Waals surface area contributed by atoms with Crippen LogP contribution in [0.25, 0.3) is 0 Å². The summed E-state index contributed by atoms with van der Waals surface area (Å²) in [5.74, 6) is 0.787. The van der Waals surface area contributed by atoms with E-state index in [-0.39, 0.29) is 18.3 Å². The van der Waals surface area contributed by atoms with E-state index in [0.29, 0.717) is 18.1 Å². The lowest BCUT2D eigenvalue weighted by molar-refractivity contribution is -0.123. The third kappa shape index (κ3) is 6.17. The van der Waals surface area contributed by atoms with Crippen LogP contribution in [0.15, 0.2) is 71.8 Å². The summed E-state index contributed by atoms with van der Waals surface area (Å²) in [7, 11) is 0. The number of carbonyl (C=O) groups is 1. The second-order valence-corrected chi connectivity index (χ2v) is 6.79. The molecule has 0 saturated heterocycles. The topological polar surface area (TPSA) is 59.9 Å². The smallest absolute Gasteiger partial charge is 0.277 e. The Balaban J connectivity index is 1.44. The van der Waals surface area contributed by atoms with Gasteiger partial charge in [0.15, 0.2) is 6.61 Å². The minimum absolute atomic E-state index is 0.112. The molecule has 30 heavy (non-hydrogen) atoms. The van der Waals surface area contributed by atoms with Crippen molar-refractivity contribution in [3.05, 3.63) is 94.8 Å². The van der Waals surface area contributed by atoms with E-state index < -0.39 is 0 Å². The molecule has 3 aromatic carbocycles. The molecule has 0 aliphatic heterocycles. The fourth-order valence-electron chi connectivity index (χ4n) is 2.77. The maximum absolute atomic E-state index is 12.9. The van der Waals surface area contributed by atoms with Crippen molar-refractivity contribution in [1.82, 2.24) is 5.43 Å². The van der Waals surface area contributed by atoms with Gasteiger partial charge in [0.05, 0.1) is 6.21 Å². The highest BCUT2D eigenvalue weighted by Crippen LogP contribution is 2.22. The maximum Gasteiger partial charge on any atom is 0.277 e. The van der Waals surface area contributed by atoms with E-state index >= 15 is 0 Å². The molecule has 3 rings (SSSR count). The first-order valence-electron chi connectivity index (χ1n) is 9.49. The molecule has 6 heteroatoms. The summed E-state index contributed by atoms with van der Waals surface area (Å²) < 4.78 is 24.2. The predicted molar refractivity (Wildman–Crippen MR) is 114 cm³/mol. The Kier molecular flexibility index (Phi) is 7.16. The second kappa shape index (κ2) is 10.2. The van der Waals surface area contributed by atoms with Crippen LogP contribution in [0.2, 0.25) is 0 Å². The Labute approximate surface area is 175 Å². The first kappa shape index (κ1) is 21.0. The van der Waals surface area contributed by atoms with E-state index in [0.717, 1.165) is 22.3 Å². The summed E-state index contributed by atoms with van der Waals surface area (Å²) in [6.07, 6.45) is 1.54. The lowest BCUT2D eigenvalue weighted by atomic mass is 10.1. The molecule has 0 unspecified atom stereocenters. The van der Waals surface area contributed by atoms with Crippen molar-refractivity contribution in [3.8, 4) is 11.5 Å². The number of nitrogens with zero attached hydrogens (tertiary/aromatic N) is 1. The fraction of sp³-hybridized carbons (Fsp3) is 0.167. The zero-order valence-electron chi connectivity index (χ0n) is 16.9. The van der Waals surface area contributed by atoms with Crippen LogP contribution in [-0.2, 0) is 11.4 Å². The quantitative estimate of drug-likeness (QED) is 0.441. The number of rotatable bonds is 8. The summed E-state index contributed by atoms with van der Waals surface area (Å²) >= 11 is 0. The van der Waals surface area contributed by atoms with Gasteiger partial charge in [-0.05, 0) is 72.5 Å². The Morgan fingerprint density at radius 3 is 2.30 bits per heavy atom. The van der Waals surface area contributed by atoms with Gasteiger partial charge in [-0.1, -0.05) is 30.3 Å². The summed E-state index contributed by atoms with van der Waals surface area (Å²) in [5, 5.41) is 3.95. The monoisotopic (exact) mass is 406 g/mol. The first-order valence-corrected chi connectivity index (χ1v) is 9.49. The number of para-hydroxylation sites is 1. The molecular formula is C24H23FN2O3. The Bertz CT molecular complexity index is 995. The first-order chi connectivity index (χ1) is 14.5. The van der Waals surface area contributed by atoms with Crippen molar-refractivity contribution in [3.63, 3.8) is 0 Å². The maximum atomic E-state index is 12.9. The molecule has 0 fully saturated rings. The Hall–Kier alpha value is -3.67. The van der Waals surface area contributed by atoms with Crippen LogP contribution in [0.3, 0.4) is 0 Å². The third-order valence-corrected chi connectivity index (χ3v) is 4.36. The van der Waals surface area contributed by atoms with Crippen molar-refractivity contribution >= 4 is 12.1 Å². The van der Waals surface area contributed by atoms with Crippen LogP contribution in [0, 0.1) is 19.7 Å². The average Bonchev–Trinajstić information content (AvgIpc) is 2.74. The van der Waals surface area contributed by atoms with Crippen molar-refractivity contribution < 1.29 is 18.7 Å². The molecule has 0 aliphatic rings. The van der Waals surface area contributed by atoms with Gasteiger partial charge < -0.3 is 9.47 Å². The molecule has 3 aromatic rings. The van der Waals surface area contributed by atoms with Gasteiger partial charge in [0.1, 0.15) is 23.9 Å². The van der Waals surface area contributed by atoms with Crippen LogP contribution in [0.1, 0.15) is 22.3 Å². The normalized spacial score (nSPS) is 10.8. The lowest BCUT2D eigenvalue weighted by Gasteiger charge is -2.10. The predicted octanol–water partition coefficient (Wildman–Crippen LogP) is 4.55. The fourth-order valence-corrected chi connectivity index (χ4v) is 2.77. The van der Waals surface area contributed by atoms with Crippen molar-refractivity contribution in [2.45, 2.75) is 20.5 Å². The van der Waals surface area contributed by atoms with E-state index in [1.807, 2.05) is 44.2 Å². The number of halogens is 1. The van der Waals surface area contributed by atoms with E-state index in [1.54, 1.807) is 30.5 Å². The van der Waals surface area contributed by atoms with E-state index in [1.165, 1.54) is 12.1 Å². The molecule has 0 bridgehead atoms. The minimum atomic E-state index is -0.340. The standard InChI is InChI=1S/C24H23FN2O3/c1-17-4-3-5-18(2)24(17)30-16-23(28)27-26-14-19-8-12-22(13-9-19)29-15-20-6-10-21(25)11-7-20/h3-14H,15-16H2,1-2H3,(H,27,28)/b26-14-. The Morgan fingerprint density at radius 1 is 0.967 bits per heavy atom. The molecule has 0 saturated carbocycles. The molecule has 154 valence electrons. The summed E-state index contributed by atoms with van der Waals surface area (Å²) in [6, 6.07) is 19.2. The summed E-state index contributed by atoms with van der Waals surface area (Å²) in [5.41, 5.74) is 6.10. The Morgan fingerprint density at radius 2 is 1.63 bits per heavy atom. The minimum Gasteiger partial charge on any atom is -0.489 e. The molecule has 0 aromatic heterocycles. The van der Waals surface area contributed by atoms with Crippen molar-refractivity contribution in [2.75, 3.05) is 6.61 Å². The second-order valence-electron chi connectivity index (χ2n) is 6.79. The van der Waals surface area contributed by atoms with Gasteiger partial charge in [-0.25, -0.2) is 9.82 Å². The number of hydrogen-bond acceptors (Lipinski definition) is 4. The summed E-state index contributed by atoms with van der Waals surface area (Å²) in [4.78, 5) is 11.9. The van der Waals surface area contributed by atoms with Crippen molar-refractivity contribution in [1.29, 1.82) is 0 Å². The van der Waals surface area contributed by atoms with Crippen LogP contribution < -0.4 is 14.9 Å². The molecule has 1 amide bonds. The number of nitrogens with one attached hydrogen (secondary N) is 1. The van der Waals surface area contributed by atoms with Gasteiger partial charge in [0, 0.05) is 0 Å². The number of hydrazone groups is 1. The number of amides is 1. The molecule has 0 aliphatic carbocycles. The number of ether oxygens (including phenoxy) is 2. The molecular weight excluding hydrogens is 383 g/mol. The van der Waals surface area contributed by atoms with Crippen LogP contribution in [0.5, 0.6) is 11.5 Å². The molecule has 0 heterocycles. The highest BCUT2D eigenvalue weighted by molar-refractivity contribution is 5.83. The van der Waals surface area contributed by atoms with E-state index in [2.05, 4.69) is 10.5 Å².